The molecule has 0 bridgehead atoms. The highest BCUT2D eigenvalue weighted by atomic mass is 16.5. The zero-order chi connectivity index (χ0) is 22.5. The first-order valence-electron chi connectivity index (χ1n) is 10.1. The Balaban J connectivity index is 1.39. The monoisotopic (exact) mass is 434 g/mol. The van der Waals surface area contributed by atoms with Gasteiger partial charge in [-0.05, 0) is 28.3 Å². The molecular formula is C23H22N4O5. The number of carbonyl (C=O) groups excluding carboxylic acids is 2. The molecule has 4 N–H and O–H groups in total. The van der Waals surface area contributed by atoms with Crippen LogP contribution in [0.1, 0.15) is 29.2 Å². The molecule has 1 atom stereocenters. The first-order chi connectivity index (χ1) is 15.5. The first-order valence-corrected chi connectivity index (χ1v) is 10.1. The van der Waals surface area contributed by atoms with Crippen molar-refractivity contribution >= 4 is 18.0 Å². The van der Waals surface area contributed by atoms with Crippen LogP contribution in [0.2, 0.25) is 0 Å². The van der Waals surface area contributed by atoms with Crippen molar-refractivity contribution in [2.75, 3.05) is 6.61 Å². The minimum Gasteiger partial charge on any atom is -0.481 e. The number of alkyl carbamates (subject to hydrolysis) is 1. The summed E-state index contributed by atoms with van der Waals surface area (Å²) in [5, 5.41) is 20.5. The SMILES string of the molecule is O=C(O)CC(NC(=O)OCC1c2ccccc2-c2ccccc21)C(=O)NCc1ccn[nH]1. The first kappa shape index (κ1) is 21.1. The van der Waals surface area contributed by atoms with Gasteiger partial charge in [0.1, 0.15) is 12.6 Å². The Morgan fingerprint density at radius 2 is 1.69 bits per heavy atom. The fourth-order valence-electron chi connectivity index (χ4n) is 3.85. The van der Waals surface area contributed by atoms with Gasteiger partial charge in [0.2, 0.25) is 5.91 Å². The number of carboxylic acid groups (broad SMARTS) is 1. The number of aromatic amines is 1. The van der Waals surface area contributed by atoms with Crippen LogP contribution in [-0.4, -0.2) is 45.9 Å². The number of carbonyl (C=O) groups is 3. The number of fused-ring (bicyclic) bond motifs is 3. The summed E-state index contributed by atoms with van der Waals surface area (Å²) in [5.74, 6) is -1.98. The number of aliphatic carboxylic acids is 1. The van der Waals surface area contributed by atoms with Crippen molar-refractivity contribution in [3.05, 3.63) is 77.6 Å². The van der Waals surface area contributed by atoms with E-state index in [1.54, 1.807) is 6.07 Å². The van der Waals surface area contributed by atoms with Gasteiger partial charge in [-0.25, -0.2) is 4.79 Å². The van der Waals surface area contributed by atoms with E-state index < -0.39 is 30.4 Å². The average molecular weight is 434 g/mol. The number of ether oxygens (including phenoxy) is 1. The van der Waals surface area contributed by atoms with Gasteiger partial charge < -0.3 is 20.5 Å². The summed E-state index contributed by atoms with van der Waals surface area (Å²) in [6.07, 6.45) is 0.110. The van der Waals surface area contributed by atoms with Gasteiger partial charge in [-0.1, -0.05) is 48.5 Å². The van der Waals surface area contributed by atoms with Crippen LogP contribution in [0, 0.1) is 0 Å². The van der Waals surface area contributed by atoms with Gasteiger partial charge in [-0.2, -0.15) is 5.10 Å². The molecular weight excluding hydrogens is 412 g/mol. The number of hydrogen-bond acceptors (Lipinski definition) is 5. The van der Waals surface area contributed by atoms with E-state index in [0.29, 0.717) is 5.69 Å². The average Bonchev–Trinajstić information content (AvgIpc) is 3.41. The lowest BCUT2D eigenvalue weighted by Gasteiger charge is -2.18. The Morgan fingerprint density at radius 3 is 2.28 bits per heavy atom. The lowest BCUT2D eigenvalue weighted by molar-refractivity contribution is -0.139. The smallest absolute Gasteiger partial charge is 0.407 e. The van der Waals surface area contributed by atoms with Crippen molar-refractivity contribution in [3.63, 3.8) is 0 Å². The van der Waals surface area contributed by atoms with Crippen molar-refractivity contribution in [3.8, 4) is 11.1 Å². The topological polar surface area (TPSA) is 133 Å². The zero-order valence-electron chi connectivity index (χ0n) is 17.1. The second-order valence-corrected chi connectivity index (χ2v) is 7.42. The summed E-state index contributed by atoms with van der Waals surface area (Å²) in [7, 11) is 0. The molecule has 0 fully saturated rings. The number of aromatic nitrogens is 2. The highest BCUT2D eigenvalue weighted by Crippen LogP contribution is 2.44. The van der Waals surface area contributed by atoms with Crippen molar-refractivity contribution in [1.29, 1.82) is 0 Å². The van der Waals surface area contributed by atoms with Crippen molar-refractivity contribution in [1.82, 2.24) is 20.8 Å². The Kier molecular flexibility index (Phi) is 6.16. The summed E-state index contributed by atoms with van der Waals surface area (Å²) in [6, 6.07) is 16.2. The molecule has 1 unspecified atom stereocenters. The molecule has 9 heteroatoms. The fraction of sp³-hybridized carbons (Fsp3) is 0.217. The third-order valence-corrected chi connectivity index (χ3v) is 5.34. The van der Waals surface area contributed by atoms with Crippen LogP contribution in [0.25, 0.3) is 11.1 Å². The molecule has 0 saturated heterocycles. The van der Waals surface area contributed by atoms with Crippen molar-refractivity contribution in [2.24, 2.45) is 0 Å². The summed E-state index contributed by atoms with van der Waals surface area (Å²) < 4.78 is 5.41. The van der Waals surface area contributed by atoms with Gasteiger partial charge in [-0.15, -0.1) is 0 Å². The molecule has 2 amide bonds. The Hall–Kier alpha value is -4.14. The Labute approximate surface area is 183 Å². The third kappa shape index (κ3) is 4.61. The van der Waals surface area contributed by atoms with Gasteiger partial charge in [0, 0.05) is 12.1 Å². The second-order valence-electron chi connectivity index (χ2n) is 7.42. The highest BCUT2D eigenvalue weighted by Gasteiger charge is 2.30. The molecule has 0 radical (unpaired) electrons. The maximum Gasteiger partial charge on any atom is 0.407 e. The molecule has 2 aromatic carbocycles. The largest absolute Gasteiger partial charge is 0.481 e. The van der Waals surface area contributed by atoms with Crippen LogP contribution < -0.4 is 10.6 Å². The van der Waals surface area contributed by atoms with Gasteiger partial charge >= 0.3 is 12.1 Å². The maximum atomic E-state index is 12.4. The lowest BCUT2D eigenvalue weighted by Crippen LogP contribution is -2.48. The number of benzene rings is 2. The maximum absolute atomic E-state index is 12.4. The van der Waals surface area contributed by atoms with E-state index in [0.717, 1.165) is 22.3 Å². The summed E-state index contributed by atoms with van der Waals surface area (Å²) in [5.41, 5.74) is 4.95. The number of amides is 2. The summed E-state index contributed by atoms with van der Waals surface area (Å²) in [4.78, 5) is 36.0. The Morgan fingerprint density at radius 1 is 1.03 bits per heavy atom. The molecule has 1 aliphatic rings. The molecule has 164 valence electrons. The standard InChI is InChI=1S/C23H22N4O5/c28-21(29)11-20(22(30)24-12-14-9-10-25-27-14)26-23(31)32-13-19-17-7-3-1-5-15(17)16-6-2-4-8-18(16)19/h1-10,19-20H,11-13H2,(H,24,30)(H,25,27)(H,26,31)(H,28,29). The van der Waals surface area contributed by atoms with Crippen molar-refractivity contribution in [2.45, 2.75) is 24.9 Å². The second kappa shape index (κ2) is 9.34. The number of H-pyrrole nitrogens is 1. The van der Waals surface area contributed by atoms with Crippen molar-refractivity contribution < 1.29 is 24.2 Å². The fourth-order valence-corrected chi connectivity index (χ4v) is 3.85. The zero-order valence-corrected chi connectivity index (χ0v) is 17.1. The van der Waals surface area contributed by atoms with E-state index in [9.17, 15) is 14.4 Å². The molecule has 1 aromatic heterocycles. The minimum absolute atomic E-state index is 0.0649. The van der Waals surface area contributed by atoms with Gasteiger partial charge in [0.15, 0.2) is 0 Å². The molecule has 4 rings (SSSR count). The molecule has 1 heterocycles. The van der Waals surface area contributed by atoms with Crippen LogP contribution in [0.4, 0.5) is 4.79 Å². The summed E-state index contributed by atoms with van der Waals surface area (Å²) in [6.45, 7) is 0.191. The van der Waals surface area contributed by atoms with Crippen LogP contribution in [0.15, 0.2) is 60.8 Å². The summed E-state index contributed by atoms with van der Waals surface area (Å²) >= 11 is 0. The van der Waals surface area contributed by atoms with Crippen LogP contribution >= 0.6 is 0 Å². The van der Waals surface area contributed by atoms with Gasteiger partial charge in [0.05, 0.1) is 18.7 Å². The van der Waals surface area contributed by atoms with Gasteiger partial charge in [-0.3, -0.25) is 14.7 Å². The van der Waals surface area contributed by atoms with E-state index in [1.807, 2.05) is 48.5 Å². The van der Waals surface area contributed by atoms with E-state index >= 15 is 0 Å². The quantitative estimate of drug-likeness (QED) is 0.430. The molecule has 0 spiro atoms. The van der Waals surface area contributed by atoms with Crippen LogP contribution in [0.3, 0.4) is 0 Å². The number of nitrogens with zero attached hydrogens (tertiary/aromatic N) is 1. The van der Waals surface area contributed by atoms with Crippen LogP contribution in [-0.2, 0) is 20.9 Å². The van der Waals surface area contributed by atoms with Crippen LogP contribution in [0.5, 0.6) is 0 Å². The minimum atomic E-state index is -1.27. The van der Waals surface area contributed by atoms with E-state index in [-0.39, 0.29) is 19.1 Å². The van der Waals surface area contributed by atoms with E-state index in [4.69, 9.17) is 9.84 Å². The number of rotatable bonds is 8. The normalized spacial score (nSPS) is 13.0. The molecule has 3 aromatic rings. The van der Waals surface area contributed by atoms with Gasteiger partial charge in [0.25, 0.3) is 0 Å². The molecule has 1 aliphatic carbocycles. The van der Waals surface area contributed by atoms with E-state index in [2.05, 4.69) is 20.8 Å². The number of nitrogens with one attached hydrogen (secondary N) is 3. The molecule has 0 saturated carbocycles. The van der Waals surface area contributed by atoms with E-state index in [1.165, 1.54) is 6.20 Å². The predicted molar refractivity (Wildman–Crippen MR) is 115 cm³/mol. The third-order valence-electron chi connectivity index (χ3n) is 5.34. The number of carboxylic acids is 1. The molecule has 32 heavy (non-hydrogen) atoms. The number of hydrogen-bond donors (Lipinski definition) is 4. The molecule has 0 aliphatic heterocycles. The Bertz CT molecular complexity index is 1080. The lowest BCUT2D eigenvalue weighted by atomic mass is 9.98. The molecule has 9 nitrogen and oxygen atoms in total. The highest BCUT2D eigenvalue weighted by molar-refractivity contribution is 5.89. The predicted octanol–water partition coefficient (Wildman–Crippen LogP) is 2.41.